The van der Waals surface area contributed by atoms with Gasteiger partial charge in [0.1, 0.15) is 0 Å². The van der Waals surface area contributed by atoms with Crippen molar-refractivity contribution in [2.45, 2.75) is 12.3 Å². The molecule has 0 radical (unpaired) electrons. The highest BCUT2D eigenvalue weighted by atomic mass is 14.9. The Morgan fingerprint density at radius 2 is 0.889 bits per heavy atom. The van der Waals surface area contributed by atoms with Gasteiger partial charge >= 0.3 is 0 Å². The van der Waals surface area contributed by atoms with E-state index in [1.54, 1.807) is 0 Å². The van der Waals surface area contributed by atoms with E-state index >= 15 is 0 Å². The van der Waals surface area contributed by atoms with E-state index in [1.165, 1.54) is 49.9 Å². The van der Waals surface area contributed by atoms with Crippen LogP contribution in [0.25, 0.3) is 78.1 Å². The van der Waals surface area contributed by atoms with Crippen LogP contribution in [0.3, 0.4) is 0 Å². The summed E-state index contributed by atoms with van der Waals surface area (Å²) in [5.74, 6) is 0.707. The van der Waals surface area contributed by atoms with Crippen molar-refractivity contribution in [1.82, 2.24) is 9.97 Å². The van der Waals surface area contributed by atoms with Gasteiger partial charge in [-0.2, -0.15) is 0 Å². The van der Waals surface area contributed by atoms with Gasteiger partial charge in [0, 0.05) is 22.1 Å². The summed E-state index contributed by atoms with van der Waals surface area (Å²) in [7, 11) is 0. The Balaban J connectivity index is 1.17. The van der Waals surface area contributed by atoms with Crippen LogP contribution in [-0.2, 0) is 5.41 Å². The molecule has 0 saturated carbocycles. The maximum Gasteiger partial charge on any atom is 0.160 e. The van der Waals surface area contributed by atoms with Crippen molar-refractivity contribution < 1.29 is 0 Å². The molecule has 1 atom stereocenters. The summed E-state index contributed by atoms with van der Waals surface area (Å²) in [4.78, 5) is 10.4. The lowest BCUT2D eigenvalue weighted by molar-refractivity contribution is 0.714. The van der Waals surface area contributed by atoms with Gasteiger partial charge in [-0.3, -0.25) is 0 Å². The van der Waals surface area contributed by atoms with E-state index in [-0.39, 0.29) is 5.41 Å². The molecule has 254 valence electrons. The largest absolute Gasteiger partial charge is 0.228 e. The second-order valence-corrected chi connectivity index (χ2v) is 14.2. The molecule has 0 spiro atoms. The van der Waals surface area contributed by atoms with Gasteiger partial charge in [0.05, 0.1) is 11.4 Å². The molecule has 0 fully saturated rings. The van der Waals surface area contributed by atoms with Gasteiger partial charge in [0.25, 0.3) is 0 Å². The number of aromatic nitrogens is 2. The maximum atomic E-state index is 5.26. The Bertz CT molecular complexity index is 2820. The summed E-state index contributed by atoms with van der Waals surface area (Å²) in [6.07, 6.45) is 0. The average molecular weight is 689 g/mol. The molecule has 1 aliphatic carbocycles. The average Bonchev–Trinajstić information content (AvgIpc) is 3.53. The third-order valence-electron chi connectivity index (χ3n) is 11.2. The molecule has 0 N–H and O–H groups in total. The zero-order valence-corrected chi connectivity index (χ0v) is 29.9. The van der Waals surface area contributed by atoms with E-state index in [0.29, 0.717) is 5.82 Å². The number of benzene rings is 8. The van der Waals surface area contributed by atoms with Gasteiger partial charge < -0.3 is 0 Å². The van der Waals surface area contributed by atoms with Crippen LogP contribution in [0.1, 0.15) is 23.6 Å². The molecule has 9 aromatic rings. The minimum atomic E-state index is -0.262. The molecule has 1 heterocycles. The highest BCUT2D eigenvalue weighted by molar-refractivity contribution is 6.08. The summed E-state index contributed by atoms with van der Waals surface area (Å²) in [5, 5.41) is 2.35. The number of hydrogen-bond donors (Lipinski definition) is 0. The number of rotatable bonds is 6. The first kappa shape index (κ1) is 31.8. The zero-order valence-electron chi connectivity index (χ0n) is 29.9. The molecular formula is C52H36N2. The Hall–Kier alpha value is -6.90. The molecule has 1 aromatic heterocycles. The fourth-order valence-corrected chi connectivity index (χ4v) is 8.54. The van der Waals surface area contributed by atoms with Gasteiger partial charge in [0.2, 0.25) is 0 Å². The lowest BCUT2D eigenvalue weighted by Gasteiger charge is -2.28. The van der Waals surface area contributed by atoms with E-state index in [4.69, 9.17) is 9.97 Å². The van der Waals surface area contributed by atoms with Gasteiger partial charge in [0.15, 0.2) is 5.82 Å². The van der Waals surface area contributed by atoms with Crippen molar-refractivity contribution in [3.8, 4) is 67.3 Å². The Morgan fingerprint density at radius 1 is 0.352 bits per heavy atom. The smallest absolute Gasteiger partial charge is 0.160 e. The fourth-order valence-electron chi connectivity index (χ4n) is 8.54. The molecular weight excluding hydrogens is 653 g/mol. The molecule has 8 aromatic carbocycles. The Labute approximate surface area is 316 Å². The van der Waals surface area contributed by atoms with E-state index in [1.807, 2.05) is 18.2 Å². The van der Waals surface area contributed by atoms with Crippen LogP contribution in [0.4, 0.5) is 0 Å². The van der Waals surface area contributed by atoms with Gasteiger partial charge in [-0.25, -0.2) is 9.97 Å². The third-order valence-corrected chi connectivity index (χ3v) is 11.2. The molecule has 1 unspecified atom stereocenters. The molecule has 2 heteroatoms. The van der Waals surface area contributed by atoms with Crippen molar-refractivity contribution in [2.24, 2.45) is 0 Å². The third kappa shape index (κ3) is 5.18. The van der Waals surface area contributed by atoms with Crippen LogP contribution in [-0.4, -0.2) is 9.97 Å². The standard InChI is InChI=1S/C52H36N2/c1-52(39-23-9-4-10-24-39)46-29-14-13-27-45(46)50-44(28-16-30-47(50)52)42-31-32-43(41-26-12-11-25-40(41)42)49-34-48(53-51(54-49)36-19-7-3-8-20-36)38-22-15-21-37(33-38)35-17-5-2-6-18-35/h2-34H,1H3. The molecule has 1 aliphatic rings. The first-order chi connectivity index (χ1) is 26.7. The number of fused-ring (bicyclic) bond motifs is 4. The van der Waals surface area contributed by atoms with Crippen molar-refractivity contribution in [3.63, 3.8) is 0 Å². The van der Waals surface area contributed by atoms with E-state index in [9.17, 15) is 0 Å². The van der Waals surface area contributed by atoms with Crippen LogP contribution in [0.2, 0.25) is 0 Å². The summed E-state index contributed by atoms with van der Waals surface area (Å²) >= 11 is 0. The molecule has 2 nitrogen and oxygen atoms in total. The van der Waals surface area contributed by atoms with Crippen molar-refractivity contribution >= 4 is 10.8 Å². The van der Waals surface area contributed by atoms with Crippen LogP contribution in [0.15, 0.2) is 200 Å². The Morgan fingerprint density at radius 3 is 1.67 bits per heavy atom. The van der Waals surface area contributed by atoms with Gasteiger partial charge in [-0.1, -0.05) is 188 Å². The predicted molar refractivity (Wildman–Crippen MR) is 224 cm³/mol. The molecule has 0 amide bonds. The van der Waals surface area contributed by atoms with Crippen molar-refractivity contribution in [3.05, 3.63) is 217 Å². The van der Waals surface area contributed by atoms with Crippen LogP contribution in [0, 0.1) is 0 Å². The second kappa shape index (κ2) is 12.9. The van der Waals surface area contributed by atoms with Crippen molar-refractivity contribution in [1.29, 1.82) is 0 Å². The molecule has 10 rings (SSSR count). The second-order valence-electron chi connectivity index (χ2n) is 14.2. The first-order valence-electron chi connectivity index (χ1n) is 18.6. The monoisotopic (exact) mass is 688 g/mol. The quantitative estimate of drug-likeness (QED) is 0.174. The number of nitrogens with zero attached hydrogens (tertiary/aromatic N) is 2. The van der Waals surface area contributed by atoms with Gasteiger partial charge in [-0.15, -0.1) is 0 Å². The lowest BCUT2D eigenvalue weighted by Crippen LogP contribution is -2.22. The topological polar surface area (TPSA) is 25.8 Å². The SMILES string of the molecule is CC1(c2ccccc2)c2ccccc2-c2c(-c3ccc(-c4cc(-c5cccc(-c6ccccc6)c5)nc(-c5ccccc5)n4)c4ccccc34)cccc21. The van der Waals surface area contributed by atoms with Gasteiger partial charge in [-0.05, 0) is 79.9 Å². The van der Waals surface area contributed by atoms with E-state index in [2.05, 4.69) is 189 Å². The molecule has 0 aliphatic heterocycles. The summed E-state index contributed by atoms with van der Waals surface area (Å²) in [6.45, 7) is 2.38. The fraction of sp³-hybridized carbons (Fsp3) is 0.0385. The maximum absolute atomic E-state index is 5.26. The minimum absolute atomic E-state index is 0.262. The highest BCUT2D eigenvalue weighted by Crippen LogP contribution is 2.55. The zero-order chi connectivity index (χ0) is 36.1. The van der Waals surface area contributed by atoms with E-state index in [0.717, 1.165) is 39.0 Å². The summed E-state index contributed by atoms with van der Waals surface area (Å²) in [5.41, 5.74) is 16.0. The van der Waals surface area contributed by atoms with Crippen LogP contribution < -0.4 is 0 Å². The Kier molecular flexibility index (Phi) is 7.63. The van der Waals surface area contributed by atoms with Crippen LogP contribution in [0.5, 0.6) is 0 Å². The lowest BCUT2D eigenvalue weighted by atomic mass is 9.74. The normalized spacial score (nSPS) is 14.5. The van der Waals surface area contributed by atoms with E-state index < -0.39 is 0 Å². The first-order valence-corrected chi connectivity index (χ1v) is 18.6. The minimum Gasteiger partial charge on any atom is -0.228 e. The summed E-state index contributed by atoms with van der Waals surface area (Å²) < 4.78 is 0. The highest BCUT2D eigenvalue weighted by Gasteiger charge is 2.41. The molecule has 54 heavy (non-hydrogen) atoms. The predicted octanol–water partition coefficient (Wildman–Crippen LogP) is 13.3. The van der Waals surface area contributed by atoms with Crippen molar-refractivity contribution in [2.75, 3.05) is 0 Å². The summed E-state index contributed by atoms with van der Waals surface area (Å²) in [6, 6.07) is 71.7. The molecule has 0 saturated heterocycles. The molecule has 0 bridgehead atoms. The number of hydrogen-bond acceptors (Lipinski definition) is 2. The van der Waals surface area contributed by atoms with Crippen LogP contribution >= 0.6 is 0 Å².